The van der Waals surface area contributed by atoms with Crippen LogP contribution in [-0.2, 0) is 9.59 Å². The molecule has 0 spiro atoms. The van der Waals surface area contributed by atoms with Crippen molar-refractivity contribution in [3.63, 3.8) is 0 Å². The molecule has 1 saturated heterocycles. The van der Waals surface area contributed by atoms with E-state index >= 15 is 0 Å². The Bertz CT molecular complexity index is 435. The van der Waals surface area contributed by atoms with E-state index in [2.05, 4.69) is 48.1 Å². The van der Waals surface area contributed by atoms with E-state index < -0.39 is 11.9 Å². The standard InChI is InChI=1S/C20H40N4O4/c1-5-15-11-23(13-19(25)26)18(8-4)10-22-16(6-2)12-24(14-20(27)28)17(7-3)9-21-15/h15-18,21-22H,5-14H2,1-4H3,(H,25,26)(H,27,28)/t15-,16-,17-,18-/m0/s1. The van der Waals surface area contributed by atoms with E-state index in [0.29, 0.717) is 26.2 Å². The molecule has 0 radical (unpaired) electrons. The van der Waals surface area contributed by atoms with Crippen LogP contribution in [-0.4, -0.2) is 95.4 Å². The number of rotatable bonds is 8. The highest BCUT2D eigenvalue weighted by Gasteiger charge is 2.27. The third kappa shape index (κ3) is 8.43. The molecule has 1 aliphatic rings. The molecule has 1 heterocycles. The normalized spacial score (nSPS) is 29.0. The average molecular weight is 401 g/mol. The summed E-state index contributed by atoms with van der Waals surface area (Å²) in [7, 11) is 0. The Morgan fingerprint density at radius 2 is 1.11 bits per heavy atom. The van der Waals surface area contributed by atoms with Crippen LogP contribution in [0.5, 0.6) is 0 Å². The number of hydrogen-bond acceptors (Lipinski definition) is 6. The first-order chi connectivity index (χ1) is 13.3. The lowest BCUT2D eigenvalue weighted by molar-refractivity contribution is -0.139. The van der Waals surface area contributed by atoms with Gasteiger partial charge >= 0.3 is 11.9 Å². The quantitative estimate of drug-likeness (QED) is 0.480. The van der Waals surface area contributed by atoms with Gasteiger partial charge in [0.05, 0.1) is 13.1 Å². The summed E-state index contributed by atoms with van der Waals surface area (Å²) in [6, 6.07) is 0.622. The molecule has 8 heteroatoms. The van der Waals surface area contributed by atoms with Gasteiger partial charge in [-0.1, -0.05) is 27.7 Å². The van der Waals surface area contributed by atoms with Gasteiger partial charge in [-0.3, -0.25) is 19.4 Å². The Balaban J connectivity index is 3.08. The largest absolute Gasteiger partial charge is 0.480 e. The minimum Gasteiger partial charge on any atom is -0.480 e. The SMILES string of the molecule is CC[C@H]1CN(CC(=O)O)[C@@H](CC)CN[C@@H](CC)CN(CC(=O)O)[C@@H](CC)CN1. The fraction of sp³-hybridized carbons (Fsp3) is 0.900. The fourth-order valence-corrected chi connectivity index (χ4v) is 3.94. The van der Waals surface area contributed by atoms with Crippen LogP contribution < -0.4 is 10.6 Å². The van der Waals surface area contributed by atoms with Crippen LogP contribution in [0.15, 0.2) is 0 Å². The third-order valence-corrected chi connectivity index (χ3v) is 5.83. The molecule has 0 saturated carbocycles. The molecule has 1 fully saturated rings. The number of carbonyl (C=O) groups is 2. The number of hydrogen-bond donors (Lipinski definition) is 4. The highest BCUT2D eigenvalue weighted by atomic mass is 16.4. The van der Waals surface area contributed by atoms with Crippen LogP contribution in [0.2, 0.25) is 0 Å². The van der Waals surface area contributed by atoms with Gasteiger partial charge in [0, 0.05) is 50.3 Å². The van der Waals surface area contributed by atoms with E-state index in [1.807, 2.05) is 0 Å². The van der Waals surface area contributed by atoms with Crippen molar-refractivity contribution in [3.05, 3.63) is 0 Å². The van der Waals surface area contributed by atoms with Gasteiger partial charge in [-0.2, -0.15) is 0 Å². The van der Waals surface area contributed by atoms with Crippen LogP contribution in [0.4, 0.5) is 0 Å². The predicted octanol–water partition coefficient (Wildman–Crippen LogP) is 1.07. The maximum absolute atomic E-state index is 11.4. The molecular formula is C20H40N4O4. The summed E-state index contributed by atoms with van der Waals surface area (Å²) in [4.78, 5) is 27.0. The Hall–Kier alpha value is -1.22. The number of carboxylic acids is 2. The molecule has 8 nitrogen and oxygen atoms in total. The molecule has 1 rings (SSSR count). The molecule has 0 unspecified atom stereocenters. The molecule has 0 aromatic heterocycles. The molecule has 1 aliphatic heterocycles. The van der Waals surface area contributed by atoms with Crippen molar-refractivity contribution in [1.82, 2.24) is 20.4 Å². The minimum absolute atomic E-state index is 0.0392. The van der Waals surface area contributed by atoms with Gasteiger partial charge in [-0.25, -0.2) is 0 Å². The van der Waals surface area contributed by atoms with E-state index in [0.717, 1.165) is 25.7 Å². The highest BCUT2D eigenvalue weighted by molar-refractivity contribution is 5.69. The van der Waals surface area contributed by atoms with Crippen molar-refractivity contribution in [3.8, 4) is 0 Å². The van der Waals surface area contributed by atoms with E-state index in [-0.39, 0.29) is 37.3 Å². The Morgan fingerprint density at radius 3 is 1.36 bits per heavy atom. The summed E-state index contributed by atoms with van der Waals surface area (Å²) in [6.07, 6.45) is 3.52. The van der Waals surface area contributed by atoms with Gasteiger partial charge in [-0.05, 0) is 25.7 Å². The number of nitrogens with one attached hydrogen (secondary N) is 2. The van der Waals surface area contributed by atoms with Crippen LogP contribution in [0, 0.1) is 0 Å². The second kappa shape index (κ2) is 13.1. The molecule has 164 valence electrons. The van der Waals surface area contributed by atoms with Gasteiger partial charge in [0.1, 0.15) is 0 Å². The number of aliphatic carboxylic acids is 2. The van der Waals surface area contributed by atoms with Crippen molar-refractivity contribution in [2.24, 2.45) is 0 Å². The summed E-state index contributed by atoms with van der Waals surface area (Å²) in [5.74, 6) is -1.60. The lowest BCUT2D eigenvalue weighted by Crippen LogP contribution is -2.57. The lowest BCUT2D eigenvalue weighted by Gasteiger charge is -2.38. The summed E-state index contributed by atoms with van der Waals surface area (Å²) < 4.78 is 0. The molecule has 0 bridgehead atoms. The zero-order valence-electron chi connectivity index (χ0n) is 18.0. The van der Waals surface area contributed by atoms with Gasteiger partial charge in [0.15, 0.2) is 0 Å². The lowest BCUT2D eigenvalue weighted by atomic mass is 10.1. The van der Waals surface area contributed by atoms with E-state index in [9.17, 15) is 19.8 Å². The minimum atomic E-state index is -0.800. The molecule has 0 amide bonds. The second-order valence-electron chi connectivity index (χ2n) is 7.80. The molecule has 4 atom stereocenters. The highest BCUT2D eigenvalue weighted by Crippen LogP contribution is 2.12. The van der Waals surface area contributed by atoms with E-state index in [1.54, 1.807) is 0 Å². The van der Waals surface area contributed by atoms with Crippen molar-refractivity contribution >= 4 is 11.9 Å². The van der Waals surface area contributed by atoms with Gasteiger partial charge in [0.25, 0.3) is 0 Å². The molecule has 0 aromatic carbocycles. The van der Waals surface area contributed by atoms with E-state index in [4.69, 9.17) is 0 Å². The smallest absolute Gasteiger partial charge is 0.317 e. The predicted molar refractivity (Wildman–Crippen MR) is 111 cm³/mol. The molecule has 0 aromatic rings. The molecular weight excluding hydrogens is 360 g/mol. The summed E-state index contributed by atoms with van der Waals surface area (Å²) in [5, 5.41) is 25.9. The Morgan fingerprint density at radius 1 is 0.750 bits per heavy atom. The first-order valence-corrected chi connectivity index (χ1v) is 10.7. The van der Waals surface area contributed by atoms with Crippen molar-refractivity contribution in [1.29, 1.82) is 0 Å². The fourth-order valence-electron chi connectivity index (χ4n) is 3.94. The Labute approximate surface area is 169 Å². The second-order valence-corrected chi connectivity index (χ2v) is 7.80. The van der Waals surface area contributed by atoms with Crippen molar-refractivity contribution in [2.45, 2.75) is 77.5 Å². The maximum atomic E-state index is 11.4. The van der Waals surface area contributed by atoms with Gasteiger partial charge < -0.3 is 20.8 Å². The average Bonchev–Trinajstić information content (AvgIpc) is 2.64. The first kappa shape index (κ1) is 24.8. The maximum Gasteiger partial charge on any atom is 0.317 e. The summed E-state index contributed by atoms with van der Waals surface area (Å²) in [6.45, 7) is 11.2. The first-order valence-electron chi connectivity index (χ1n) is 10.7. The van der Waals surface area contributed by atoms with Crippen molar-refractivity contribution < 1.29 is 19.8 Å². The van der Waals surface area contributed by atoms with Gasteiger partial charge in [0.2, 0.25) is 0 Å². The number of carboxylic acid groups (broad SMARTS) is 2. The molecule has 4 N–H and O–H groups in total. The third-order valence-electron chi connectivity index (χ3n) is 5.83. The topological polar surface area (TPSA) is 105 Å². The molecule has 0 aliphatic carbocycles. The van der Waals surface area contributed by atoms with Crippen LogP contribution in [0.25, 0.3) is 0 Å². The summed E-state index contributed by atoms with van der Waals surface area (Å²) >= 11 is 0. The van der Waals surface area contributed by atoms with Crippen LogP contribution in [0.1, 0.15) is 53.4 Å². The van der Waals surface area contributed by atoms with Gasteiger partial charge in [-0.15, -0.1) is 0 Å². The van der Waals surface area contributed by atoms with Crippen LogP contribution >= 0.6 is 0 Å². The summed E-state index contributed by atoms with van der Waals surface area (Å²) in [5.41, 5.74) is 0. The van der Waals surface area contributed by atoms with Crippen molar-refractivity contribution in [2.75, 3.05) is 39.3 Å². The monoisotopic (exact) mass is 400 g/mol. The zero-order valence-corrected chi connectivity index (χ0v) is 18.0. The van der Waals surface area contributed by atoms with E-state index in [1.165, 1.54) is 0 Å². The number of nitrogens with zero attached hydrogens (tertiary/aromatic N) is 2. The van der Waals surface area contributed by atoms with Crippen LogP contribution in [0.3, 0.4) is 0 Å². The Kier molecular flexibility index (Phi) is 11.6. The zero-order chi connectivity index (χ0) is 21.1. The molecule has 28 heavy (non-hydrogen) atoms.